The Kier molecular flexibility index (Phi) is 4.29. The monoisotopic (exact) mass is 267 g/mol. The Bertz CT molecular complexity index is 582. The van der Waals surface area contributed by atoms with Crippen molar-refractivity contribution >= 4 is 0 Å². The van der Waals surface area contributed by atoms with Crippen LogP contribution in [-0.4, -0.2) is 7.05 Å². The molecule has 0 bridgehead atoms. The van der Waals surface area contributed by atoms with Crippen LogP contribution in [0.5, 0.6) is 0 Å². The third kappa shape index (κ3) is 2.64. The van der Waals surface area contributed by atoms with E-state index in [2.05, 4.69) is 70.3 Å². The van der Waals surface area contributed by atoms with Crippen molar-refractivity contribution in [2.24, 2.45) is 0 Å². The molecule has 0 aliphatic rings. The lowest BCUT2D eigenvalue weighted by Crippen LogP contribution is -2.20. The maximum absolute atomic E-state index is 3.49. The van der Waals surface area contributed by atoms with Crippen molar-refractivity contribution in [1.82, 2.24) is 5.32 Å². The van der Waals surface area contributed by atoms with E-state index in [9.17, 15) is 0 Å². The van der Waals surface area contributed by atoms with Crippen molar-refractivity contribution in [1.29, 1.82) is 0 Å². The van der Waals surface area contributed by atoms with Crippen LogP contribution >= 0.6 is 0 Å². The van der Waals surface area contributed by atoms with E-state index in [-0.39, 0.29) is 6.04 Å². The number of aryl methyl sites for hydroxylation is 3. The van der Waals surface area contributed by atoms with Gasteiger partial charge >= 0.3 is 0 Å². The summed E-state index contributed by atoms with van der Waals surface area (Å²) in [6.07, 6.45) is 0. The Balaban J connectivity index is 2.60. The Morgan fingerprint density at radius 1 is 0.800 bits per heavy atom. The van der Waals surface area contributed by atoms with E-state index in [1.807, 2.05) is 7.05 Å². The van der Waals surface area contributed by atoms with Crippen molar-refractivity contribution < 1.29 is 0 Å². The molecule has 0 spiro atoms. The highest BCUT2D eigenvalue weighted by atomic mass is 14.9. The zero-order chi connectivity index (χ0) is 14.9. The molecular weight excluding hydrogens is 242 g/mol. The number of nitrogens with one attached hydrogen (secondary N) is 1. The van der Waals surface area contributed by atoms with Gasteiger partial charge in [-0.15, -0.1) is 0 Å². The fourth-order valence-corrected chi connectivity index (χ4v) is 2.92. The highest BCUT2D eigenvalue weighted by molar-refractivity contribution is 5.49. The molecule has 1 heteroatoms. The van der Waals surface area contributed by atoms with Gasteiger partial charge in [-0.25, -0.2) is 0 Å². The molecule has 0 fully saturated rings. The molecule has 20 heavy (non-hydrogen) atoms. The molecule has 1 N–H and O–H groups in total. The van der Waals surface area contributed by atoms with Gasteiger partial charge in [0.05, 0.1) is 6.04 Å². The third-order valence-electron chi connectivity index (χ3n) is 4.41. The molecule has 0 aromatic heterocycles. The molecule has 0 aliphatic heterocycles. The largest absolute Gasteiger partial charge is 0.309 e. The molecule has 1 atom stereocenters. The second kappa shape index (κ2) is 5.80. The molecule has 0 amide bonds. The molecule has 0 aliphatic carbocycles. The molecule has 2 rings (SSSR count). The predicted molar refractivity (Wildman–Crippen MR) is 87.5 cm³/mol. The quantitative estimate of drug-likeness (QED) is 0.861. The van der Waals surface area contributed by atoms with Crippen LogP contribution in [0.4, 0.5) is 0 Å². The predicted octanol–water partition coefficient (Wildman–Crippen LogP) is 4.54. The molecule has 0 heterocycles. The highest BCUT2D eigenvalue weighted by Crippen LogP contribution is 2.31. The van der Waals surface area contributed by atoms with Crippen molar-refractivity contribution in [3.63, 3.8) is 0 Å². The Morgan fingerprint density at radius 2 is 1.30 bits per heavy atom. The molecular formula is C19H25N. The van der Waals surface area contributed by atoms with Crippen LogP contribution in [0.15, 0.2) is 30.3 Å². The Labute approximate surface area is 123 Å². The van der Waals surface area contributed by atoms with Gasteiger partial charge < -0.3 is 5.32 Å². The SMILES string of the molecule is CNC(c1ccc(C)cc1)c1c(C)c(C)cc(C)c1C. The standard InChI is InChI=1S/C19H25N/c1-12-7-9-17(10-8-12)19(20-6)18-15(4)13(2)11-14(3)16(18)5/h7-11,19-20H,1-6H3. The van der Waals surface area contributed by atoms with Crippen LogP contribution in [0.25, 0.3) is 0 Å². The average molecular weight is 267 g/mol. The minimum atomic E-state index is 0.259. The summed E-state index contributed by atoms with van der Waals surface area (Å²) in [5.74, 6) is 0. The van der Waals surface area contributed by atoms with E-state index in [0.717, 1.165) is 0 Å². The summed E-state index contributed by atoms with van der Waals surface area (Å²) in [6, 6.07) is 11.4. The van der Waals surface area contributed by atoms with Gasteiger partial charge in [0.25, 0.3) is 0 Å². The highest BCUT2D eigenvalue weighted by Gasteiger charge is 2.18. The number of rotatable bonds is 3. The number of benzene rings is 2. The smallest absolute Gasteiger partial charge is 0.0579 e. The first-order valence-corrected chi connectivity index (χ1v) is 7.26. The maximum Gasteiger partial charge on any atom is 0.0579 e. The van der Waals surface area contributed by atoms with Gasteiger partial charge in [-0.3, -0.25) is 0 Å². The minimum Gasteiger partial charge on any atom is -0.309 e. The first-order chi connectivity index (χ1) is 9.45. The first kappa shape index (κ1) is 14.8. The van der Waals surface area contributed by atoms with E-state index in [0.29, 0.717) is 0 Å². The van der Waals surface area contributed by atoms with Crippen LogP contribution in [-0.2, 0) is 0 Å². The topological polar surface area (TPSA) is 12.0 Å². The number of hydrogen-bond acceptors (Lipinski definition) is 1. The molecule has 0 radical (unpaired) electrons. The Morgan fingerprint density at radius 3 is 1.75 bits per heavy atom. The summed E-state index contributed by atoms with van der Waals surface area (Å²) in [6.45, 7) is 11.0. The lowest BCUT2D eigenvalue weighted by atomic mass is 9.86. The summed E-state index contributed by atoms with van der Waals surface area (Å²) in [5.41, 5.74) is 9.59. The minimum absolute atomic E-state index is 0.259. The summed E-state index contributed by atoms with van der Waals surface area (Å²) in [5, 5.41) is 3.49. The van der Waals surface area contributed by atoms with E-state index in [1.54, 1.807) is 0 Å². The summed E-state index contributed by atoms with van der Waals surface area (Å²) >= 11 is 0. The van der Waals surface area contributed by atoms with Crippen molar-refractivity contribution in [2.45, 2.75) is 40.7 Å². The van der Waals surface area contributed by atoms with Gasteiger partial charge in [0.15, 0.2) is 0 Å². The summed E-state index contributed by atoms with van der Waals surface area (Å²) in [4.78, 5) is 0. The first-order valence-electron chi connectivity index (χ1n) is 7.26. The second-order valence-corrected chi connectivity index (χ2v) is 5.81. The average Bonchev–Trinajstić information content (AvgIpc) is 2.43. The van der Waals surface area contributed by atoms with E-state index in [1.165, 1.54) is 38.9 Å². The second-order valence-electron chi connectivity index (χ2n) is 5.81. The van der Waals surface area contributed by atoms with Crippen LogP contribution in [0.2, 0.25) is 0 Å². The van der Waals surface area contributed by atoms with Gasteiger partial charge in [0, 0.05) is 0 Å². The van der Waals surface area contributed by atoms with Gasteiger partial charge in [-0.1, -0.05) is 35.9 Å². The van der Waals surface area contributed by atoms with Crippen molar-refractivity contribution in [3.8, 4) is 0 Å². The maximum atomic E-state index is 3.49. The molecule has 2 aromatic carbocycles. The van der Waals surface area contributed by atoms with Crippen molar-refractivity contribution in [2.75, 3.05) is 7.05 Å². The lowest BCUT2D eigenvalue weighted by molar-refractivity contribution is 0.681. The third-order valence-corrected chi connectivity index (χ3v) is 4.41. The Hall–Kier alpha value is -1.60. The lowest BCUT2D eigenvalue weighted by Gasteiger charge is -2.24. The van der Waals surface area contributed by atoms with Crippen molar-refractivity contribution in [3.05, 3.63) is 69.3 Å². The fourth-order valence-electron chi connectivity index (χ4n) is 2.92. The van der Waals surface area contributed by atoms with Gasteiger partial charge in [-0.2, -0.15) is 0 Å². The normalized spacial score (nSPS) is 12.5. The van der Waals surface area contributed by atoms with Crippen LogP contribution in [0.3, 0.4) is 0 Å². The zero-order valence-corrected chi connectivity index (χ0v) is 13.5. The van der Waals surface area contributed by atoms with Gasteiger partial charge in [0.1, 0.15) is 0 Å². The van der Waals surface area contributed by atoms with Crippen LogP contribution in [0, 0.1) is 34.6 Å². The molecule has 1 nitrogen and oxygen atoms in total. The molecule has 0 saturated heterocycles. The van der Waals surface area contributed by atoms with E-state index < -0.39 is 0 Å². The van der Waals surface area contributed by atoms with E-state index in [4.69, 9.17) is 0 Å². The zero-order valence-electron chi connectivity index (χ0n) is 13.5. The van der Waals surface area contributed by atoms with E-state index >= 15 is 0 Å². The molecule has 106 valence electrons. The fraction of sp³-hybridized carbons (Fsp3) is 0.368. The summed E-state index contributed by atoms with van der Waals surface area (Å²) < 4.78 is 0. The summed E-state index contributed by atoms with van der Waals surface area (Å²) in [7, 11) is 2.04. The number of hydrogen-bond donors (Lipinski definition) is 1. The van der Waals surface area contributed by atoms with Gasteiger partial charge in [0.2, 0.25) is 0 Å². The van der Waals surface area contributed by atoms with Gasteiger partial charge in [-0.05, 0) is 75.0 Å². The van der Waals surface area contributed by atoms with Crippen LogP contribution in [0.1, 0.15) is 45.0 Å². The molecule has 1 unspecified atom stereocenters. The molecule has 2 aromatic rings. The molecule has 0 saturated carbocycles. The van der Waals surface area contributed by atoms with Crippen LogP contribution < -0.4 is 5.32 Å².